The second kappa shape index (κ2) is 4.55. The highest BCUT2D eigenvalue weighted by Crippen LogP contribution is 2.19. The van der Waals surface area contributed by atoms with Crippen molar-refractivity contribution >= 4 is 16.6 Å². The summed E-state index contributed by atoms with van der Waals surface area (Å²) in [6.45, 7) is 3.02. The predicted molar refractivity (Wildman–Crippen MR) is 72.8 cm³/mol. The molecule has 2 heterocycles. The van der Waals surface area contributed by atoms with Crippen molar-refractivity contribution in [3.63, 3.8) is 0 Å². The zero-order valence-corrected chi connectivity index (χ0v) is 10.7. The smallest absolute Gasteiger partial charge is 0.328 e. The van der Waals surface area contributed by atoms with E-state index < -0.39 is 5.69 Å². The van der Waals surface area contributed by atoms with E-state index in [-0.39, 0.29) is 5.56 Å². The molecule has 0 aliphatic carbocycles. The first-order valence-electron chi connectivity index (χ1n) is 6.22. The number of aromatic nitrogens is 2. The number of benzene rings is 1. The van der Waals surface area contributed by atoms with Crippen molar-refractivity contribution in [1.29, 1.82) is 0 Å². The summed E-state index contributed by atoms with van der Waals surface area (Å²) in [7, 11) is 1.47. The Morgan fingerprint density at radius 1 is 1.21 bits per heavy atom. The van der Waals surface area contributed by atoms with Crippen LogP contribution in [0, 0.1) is 0 Å². The lowest BCUT2D eigenvalue weighted by Gasteiger charge is -2.28. The highest BCUT2D eigenvalue weighted by Gasteiger charge is 2.13. The van der Waals surface area contributed by atoms with Crippen molar-refractivity contribution < 1.29 is 4.74 Å². The van der Waals surface area contributed by atoms with Crippen LogP contribution in [0.15, 0.2) is 27.8 Å². The molecule has 0 saturated carbocycles. The summed E-state index contributed by atoms with van der Waals surface area (Å²) in [6.07, 6.45) is 0. The molecule has 1 aliphatic heterocycles. The van der Waals surface area contributed by atoms with E-state index in [1.54, 1.807) is 6.07 Å². The van der Waals surface area contributed by atoms with Crippen molar-refractivity contribution in [3.05, 3.63) is 39.0 Å². The van der Waals surface area contributed by atoms with Gasteiger partial charge in [0.1, 0.15) is 0 Å². The number of ether oxygens (including phenoxy) is 1. The molecule has 2 aromatic rings. The second-order valence-corrected chi connectivity index (χ2v) is 4.62. The van der Waals surface area contributed by atoms with E-state index in [2.05, 4.69) is 9.88 Å². The molecule has 6 heteroatoms. The molecule has 1 fully saturated rings. The van der Waals surface area contributed by atoms with Crippen LogP contribution < -0.4 is 16.1 Å². The highest BCUT2D eigenvalue weighted by atomic mass is 16.5. The van der Waals surface area contributed by atoms with Crippen molar-refractivity contribution in [2.24, 2.45) is 7.05 Å². The number of fused-ring (bicyclic) bond motifs is 1. The molecule has 6 nitrogen and oxygen atoms in total. The third kappa shape index (κ3) is 2.04. The number of aromatic amines is 1. The van der Waals surface area contributed by atoms with Crippen molar-refractivity contribution in [2.45, 2.75) is 0 Å². The Labute approximate surface area is 109 Å². The van der Waals surface area contributed by atoms with Crippen LogP contribution in [0.1, 0.15) is 0 Å². The maximum atomic E-state index is 12.1. The first kappa shape index (κ1) is 12.0. The highest BCUT2D eigenvalue weighted by molar-refractivity contribution is 5.81. The number of nitrogens with one attached hydrogen (secondary N) is 1. The van der Waals surface area contributed by atoms with Gasteiger partial charge in [0.2, 0.25) is 0 Å². The molecule has 19 heavy (non-hydrogen) atoms. The monoisotopic (exact) mass is 261 g/mol. The number of hydrogen-bond acceptors (Lipinski definition) is 4. The maximum absolute atomic E-state index is 12.1. The average molecular weight is 261 g/mol. The largest absolute Gasteiger partial charge is 0.378 e. The number of morpholine rings is 1. The summed E-state index contributed by atoms with van der Waals surface area (Å²) in [5.41, 5.74) is 0.899. The van der Waals surface area contributed by atoms with E-state index in [0.717, 1.165) is 23.3 Å². The summed E-state index contributed by atoms with van der Waals surface area (Å²) in [5, 5.41) is 0.533. The quantitative estimate of drug-likeness (QED) is 0.788. The molecule has 0 radical (unpaired) electrons. The lowest BCUT2D eigenvalue weighted by atomic mass is 10.2. The van der Waals surface area contributed by atoms with Gasteiger partial charge in [0, 0.05) is 25.8 Å². The van der Waals surface area contributed by atoms with Gasteiger partial charge in [-0.05, 0) is 18.2 Å². The second-order valence-electron chi connectivity index (χ2n) is 4.62. The molecule has 0 spiro atoms. The van der Waals surface area contributed by atoms with Crippen molar-refractivity contribution in [1.82, 2.24) is 9.55 Å². The van der Waals surface area contributed by atoms with Crippen LogP contribution >= 0.6 is 0 Å². The molecule has 0 unspecified atom stereocenters. The zero-order valence-electron chi connectivity index (χ0n) is 10.7. The Hall–Kier alpha value is -2.08. The average Bonchev–Trinajstić information content (AvgIpc) is 2.46. The molecule has 1 aromatic heterocycles. The fourth-order valence-electron chi connectivity index (χ4n) is 2.31. The molecule has 1 aromatic carbocycles. The predicted octanol–water partition coefficient (Wildman–Crippen LogP) is 0.0634. The van der Waals surface area contributed by atoms with E-state index in [0.29, 0.717) is 24.1 Å². The van der Waals surface area contributed by atoms with Gasteiger partial charge >= 0.3 is 5.69 Å². The van der Waals surface area contributed by atoms with Gasteiger partial charge in [-0.25, -0.2) is 4.79 Å². The van der Waals surface area contributed by atoms with Gasteiger partial charge in [-0.1, -0.05) is 0 Å². The Morgan fingerprint density at radius 3 is 2.68 bits per heavy atom. The van der Waals surface area contributed by atoms with E-state index in [1.165, 1.54) is 7.05 Å². The summed E-state index contributed by atoms with van der Waals surface area (Å²) in [5.74, 6) is 0. The molecular weight excluding hydrogens is 246 g/mol. The number of nitrogens with zero attached hydrogens (tertiary/aromatic N) is 2. The molecule has 0 bridgehead atoms. The van der Waals surface area contributed by atoms with Crippen LogP contribution in [0.5, 0.6) is 0 Å². The Bertz CT molecular complexity index is 726. The molecule has 100 valence electrons. The lowest BCUT2D eigenvalue weighted by molar-refractivity contribution is 0.122. The minimum absolute atomic E-state index is 0.270. The van der Waals surface area contributed by atoms with Crippen LogP contribution in [-0.4, -0.2) is 35.9 Å². The molecule has 1 saturated heterocycles. The fraction of sp³-hybridized carbons (Fsp3) is 0.385. The molecule has 0 amide bonds. The van der Waals surface area contributed by atoms with Gasteiger partial charge in [-0.15, -0.1) is 0 Å². The van der Waals surface area contributed by atoms with Crippen molar-refractivity contribution in [2.75, 3.05) is 31.2 Å². The summed E-state index contributed by atoms with van der Waals surface area (Å²) >= 11 is 0. The van der Waals surface area contributed by atoms with Crippen LogP contribution in [0.3, 0.4) is 0 Å². The van der Waals surface area contributed by atoms with E-state index in [9.17, 15) is 9.59 Å². The van der Waals surface area contributed by atoms with Gasteiger partial charge in [0.15, 0.2) is 0 Å². The zero-order chi connectivity index (χ0) is 13.4. The standard InChI is InChI=1S/C13H15N3O3/c1-15-12(17)10-8-9(16-4-6-19-7-5-16)2-3-11(10)14-13(15)18/h2-3,8H,4-7H2,1H3,(H,14,18). The minimum atomic E-state index is -0.392. The fourth-order valence-corrected chi connectivity index (χ4v) is 2.31. The van der Waals surface area contributed by atoms with Crippen LogP contribution in [-0.2, 0) is 11.8 Å². The van der Waals surface area contributed by atoms with Crippen LogP contribution in [0.4, 0.5) is 5.69 Å². The number of hydrogen-bond donors (Lipinski definition) is 1. The van der Waals surface area contributed by atoms with E-state index in [4.69, 9.17) is 4.74 Å². The lowest BCUT2D eigenvalue weighted by Crippen LogP contribution is -2.36. The van der Waals surface area contributed by atoms with Gasteiger partial charge in [-0.2, -0.15) is 0 Å². The molecule has 3 rings (SSSR count). The van der Waals surface area contributed by atoms with Gasteiger partial charge in [0.05, 0.1) is 24.1 Å². The Kier molecular flexibility index (Phi) is 2.87. The molecule has 0 atom stereocenters. The van der Waals surface area contributed by atoms with E-state index >= 15 is 0 Å². The third-order valence-electron chi connectivity index (χ3n) is 3.46. The number of anilines is 1. The van der Waals surface area contributed by atoms with Crippen LogP contribution in [0.25, 0.3) is 10.9 Å². The summed E-state index contributed by atoms with van der Waals surface area (Å²) in [4.78, 5) is 28.5. The third-order valence-corrected chi connectivity index (χ3v) is 3.46. The Balaban J connectivity index is 2.15. The first-order chi connectivity index (χ1) is 9.16. The topological polar surface area (TPSA) is 67.3 Å². The number of rotatable bonds is 1. The van der Waals surface area contributed by atoms with Gasteiger partial charge in [0.25, 0.3) is 5.56 Å². The van der Waals surface area contributed by atoms with E-state index in [1.807, 2.05) is 12.1 Å². The van der Waals surface area contributed by atoms with Gasteiger partial charge in [-0.3, -0.25) is 9.36 Å². The molecule has 1 N–H and O–H groups in total. The van der Waals surface area contributed by atoms with Gasteiger partial charge < -0.3 is 14.6 Å². The van der Waals surface area contributed by atoms with Crippen LogP contribution in [0.2, 0.25) is 0 Å². The first-order valence-corrected chi connectivity index (χ1v) is 6.22. The normalized spacial score (nSPS) is 15.9. The maximum Gasteiger partial charge on any atom is 0.328 e. The summed E-state index contributed by atoms with van der Waals surface area (Å²) < 4.78 is 6.40. The Morgan fingerprint density at radius 2 is 1.95 bits per heavy atom. The minimum Gasteiger partial charge on any atom is -0.378 e. The summed E-state index contributed by atoms with van der Waals surface area (Å²) in [6, 6.07) is 5.53. The SMILES string of the molecule is Cn1c(=O)[nH]c2ccc(N3CCOCC3)cc2c1=O. The molecule has 1 aliphatic rings. The number of H-pyrrole nitrogens is 1. The van der Waals surface area contributed by atoms with Crippen molar-refractivity contribution in [3.8, 4) is 0 Å². The molecular formula is C13H15N3O3.